The van der Waals surface area contributed by atoms with Gasteiger partial charge in [0.25, 0.3) is 0 Å². The number of rotatable bonds is 3. The maximum absolute atomic E-state index is 11.9. The average molecular weight is 283 g/mol. The van der Waals surface area contributed by atoms with Gasteiger partial charge in [0.15, 0.2) is 0 Å². The van der Waals surface area contributed by atoms with E-state index in [9.17, 15) is 9.59 Å². The van der Waals surface area contributed by atoms with E-state index in [1.54, 1.807) is 0 Å². The van der Waals surface area contributed by atoms with E-state index in [0.717, 1.165) is 24.0 Å². The van der Waals surface area contributed by atoms with E-state index in [0.29, 0.717) is 17.3 Å². The zero-order chi connectivity index (χ0) is 14.8. The lowest BCUT2D eigenvalue weighted by molar-refractivity contribution is 0.619. The van der Waals surface area contributed by atoms with Crippen molar-refractivity contribution in [3.05, 3.63) is 50.3 Å². The van der Waals surface area contributed by atoms with Crippen LogP contribution in [0.3, 0.4) is 0 Å². The monoisotopic (exact) mass is 283 g/mol. The first-order chi connectivity index (χ1) is 10.2. The van der Waals surface area contributed by atoms with Crippen molar-refractivity contribution in [2.24, 2.45) is 0 Å². The molecule has 0 bridgehead atoms. The highest BCUT2D eigenvalue weighted by Gasteiger charge is 2.24. The molecule has 2 aromatic rings. The number of aryl methyl sites for hydroxylation is 1. The Morgan fingerprint density at radius 3 is 2.14 bits per heavy atom. The molecule has 110 valence electrons. The van der Waals surface area contributed by atoms with Crippen LogP contribution in [0.15, 0.2) is 33.9 Å². The summed E-state index contributed by atoms with van der Waals surface area (Å²) in [5, 5.41) is 3.35. The van der Waals surface area contributed by atoms with Gasteiger partial charge in [0.2, 0.25) is 10.9 Å². The fourth-order valence-corrected chi connectivity index (χ4v) is 3.15. The molecular weight excluding hydrogens is 262 g/mol. The Labute approximate surface area is 124 Å². The highest BCUT2D eigenvalue weighted by atomic mass is 16.2. The van der Waals surface area contributed by atoms with Crippen LogP contribution < -0.4 is 16.2 Å². The summed E-state index contributed by atoms with van der Waals surface area (Å²) in [6.07, 6.45) is 7.13. The molecule has 3 heteroatoms. The van der Waals surface area contributed by atoms with Gasteiger partial charge in [-0.3, -0.25) is 9.59 Å². The summed E-state index contributed by atoms with van der Waals surface area (Å²) in [5.41, 5.74) is 2.40. The second kappa shape index (κ2) is 5.84. The molecule has 3 rings (SSSR count). The molecule has 2 aromatic carbocycles. The molecule has 1 fully saturated rings. The fourth-order valence-electron chi connectivity index (χ4n) is 3.15. The first-order valence-electron chi connectivity index (χ1n) is 7.83. The standard InChI is InChI=1S/C18H21NO2/c1-12-8-10-13(11-9-12)15-16(18(21)17(15)20)19-14-6-4-2-3-5-7-14/h8-11,14,19H,2-7H2,1H3. The summed E-state index contributed by atoms with van der Waals surface area (Å²) in [5.74, 6) is 0. The summed E-state index contributed by atoms with van der Waals surface area (Å²) >= 11 is 0. The normalized spacial score (nSPS) is 16.8. The molecule has 1 N–H and O–H groups in total. The van der Waals surface area contributed by atoms with Gasteiger partial charge in [0, 0.05) is 6.04 Å². The van der Waals surface area contributed by atoms with E-state index in [4.69, 9.17) is 0 Å². The molecule has 0 atom stereocenters. The molecule has 0 radical (unpaired) electrons. The molecule has 0 aliphatic heterocycles. The Kier molecular flexibility index (Phi) is 3.91. The average Bonchev–Trinajstić information content (AvgIpc) is 2.77. The molecule has 1 aliphatic carbocycles. The SMILES string of the molecule is Cc1ccc(-c2c(NC3CCCCCC3)c(=O)c2=O)cc1. The van der Waals surface area contributed by atoms with Gasteiger partial charge < -0.3 is 5.32 Å². The van der Waals surface area contributed by atoms with Crippen LogP contribution in [-0.4, -0.2) is 6.04 Å². The van der Waals surface area contributed by atoms with Gasteiger partial charge in [-0.15, -0.1) is 0 Å². The third-order valence-corrected chi connectivity index (χ3v) is 4.45. The molecule has 0 aromatic heterocycles. The zero-order valence-electron chi connectivity index (χ0n) is 12.4. The maximum atomic E-state index is 11.9. The number of benzene rings is 1. The molecule has 0 spiro atoms. The maximum Gasteiger partial charge on any atom is 0.250 e. The first-order valence-corrected chi connectivity index (χ1v) is 7.83. The van der Waals surface area contributed by atoms with Crippen LogP contribution in [0, 0.1) is 6.92 Å². The molecular formula is C18H21NO2. The van der Waals surface area contributed by atoms with Crippen molar-refractivity contribution in [3.63, 3.8) is 0 Å². The highest BCUT2D eigenvalue weighted by Crippen LogP contribution is 2.27. The van der Waals surface area contributed by atoms with Crippen LogP contribution in [0.25, 0.3) is 11.1 Å². The highest BCUT2D eigenvalue weighted by molar-refractivity contribution is 5.82. The lowest BCUT2D eigenvalue weighted by Gasteiger charge is -2.21. The quantitative estimate of drug-likeness (QED) is 0.693. The zero-order valence-corrected chi connectivity index (χ0v) is 12.4. The van der Waals surface area contributed by atoms with Gasteiger partial charge in [-0.05, 0) is 25.3 Å². The first kappa shape index (κ1) is 14.1. The molecule has 0 unspecified atom stereocenters. The summed E-state index contributed by atoms with van der Waals surface area (Å²) in [6, 6.07) is 8.12. The molecule has 3 nitrogen and oxygen atoms in total. The minimum Gasteiger partial charge on any atom is -0.378 e. The van der Waals surface area contributed by atoms with Crippen molar-refractivity contribution in [3.8, 4) is 11.1 Å². The van der Waals surface area contributed by atoms with Gasteiger partial charge in [-0.25, -0.2) is 0 Å². The molecule has 21 heavy (non-hydrogen) atoms. The van der Waals surface area contributed by atoms with Crippen LogP contribution in [-0.2, 0) is 0 Å². The van der Waals surface area contributed by atoms with Crippen LogP contribution in [0.1, 0.15) is 44.1 Å². The smallest absolute Gasteiger partial charge is 0.250 e. The lowest BCUT2D eigenvalue weighted by atomic mass is 9.96. The minimum absolute atomic E-state index is 0.333. The van der Waals surface area contributed by atoms with E-state index in [1.165, 1.54) is 25.7 Å². The van der Waals surface area contributed by atoms with Crippen molar-refractivity contribution < 1.29 is 0 Å². The summed E-state index contributed by atoms with van der Waals surface area (Å²) in [6.45, 7) is 2.01. The third-order valence-electron chi connectivity index (χ3n) is 4.45. The van der Waals surface area contributed by atoms with E-state index in [2.05, 4.69) is 5.32 Å². The molecule has 0 amide bonds. The second-order valence-electron chi connectivity index (χ2n) is 6.11. The van der Waals surface area contributed by atoms with Gasteiger partial charge in [-0.1, -0.05) is 55.5 Å². The van der Waals surface area contributed by atoms with Gasteiger partial charge >= 0.3 is 0 Å². The van der Waals surface area contributed by atoms with Crippen molar-refractivity contribution in [2.75, 3.05) is 5.32 Å². The van der Waals surface area contributed by atoms with E-state index < -0.39 is 0 Å². The Balaban J connectivity index is 1.86. The van der Waals surface area contributed by atoms with Crippen molar-refractivity contribution >= 4 is 5.69 Å². The van der Waals surface area contributed by atoms with Crippen LogP contribution in [0.5, 0.6) is 0 Å². The van der Waals surface area contributed by atoms with Crippen LogP contribution in [0.4, 0.5) is 5.69 Å². The Bertz CT molecular complexity index is 685. The molecule has 0 saturated heterocycles. The molecule has 0 heterocycles. The fraction of sp³-hybridized carbons (Fsp3) is 0.444. The van der Waals surface area contributed by atoms with Gasteiger partial charge in [0.1, 0.15) is 0 Å². The third kappa shape index (κ3) is 2.78. The van der Waals surface area contributed by atoms with Gasteiger partial charge in [-0.2, -0.15) is 0 Å². The lowest BCUT2D eigenvalue weighted by Crippen LogP contribution is -2.38. The van der Waals surface area contributed by atoms with E-state index in [1.807, 2.05) is 31.2 Å². The molecule has 1 saturated carbocycles. The Morgan fingerprint density at radius 2 is 1.52 bits per heavy atom. The van der Waals surface area contributed by atoms with Crippen molar-refractivity contribution in [2.45, 2.75) is 51.5 Å². The van der Waals surface area contributed by atoms with E-state index in [-0.39, 0.29) is 10.9 Å². The number of hydrogen-bond acceptors (Lipinski definition) is 3. The van der Waals surface area contributed by atoms with Crippen LogP contribution >= 0.6 is 0 Å². The largest absolute Gasteiger partial charge is 0.378 e. The Morgan fingerprint density at radius 1 is 0.905 bits per heavy atom. The van der Waals surface area contributed by atoms with Gasteiger partial charge in [0.05, 0.1) is 11.3 Å². The predicted molar refractivity (Wildman–Crippen MR) is 86.6 cm³/mol. The number of anilines is 1. The van der Waals surface area contributed by atoms with Crippen molar-refractivity contribution in [1.29, 1.82) is 0 Å². The number of nitrogens with one attached hydrogen (secondary N) is 1. The van der Waals surface area contributed by atoms with Crippen molar-refractivity contribution in [1.82, 2.24) is 0 Å². The summed E-state index contributed by atoms with van der Waals surface area (Å²) in [7, 11) is 0. The number of hydrogen-bond donors (Lipinski definition) is 1. The second-order valence-corrected chi connectivity index (χ2v) is 6.11. The summed E-state index contributed by atoms with van der Waals surface area (Å²) in [4.78, 5) is 23.8. The predicted octanol–water partition coefficient (Wildman–Crippen LogP) is 3.39. The van der Waals surface area contributed by atoms with E-state index >= 15 is 0 Å². The summed E-state index contributed by atoms with van der Waals surface area (Å²) < 4.78 is 0. The Hall–Kier alpha value is -1.90. The molecule has 1 aliphatic rings. The topological polar surface area (TPSA) is 46.2 Å². The van der Waals surface area contributed by atoms with Crippen LogP contribution in [0.2, 0.25) is 0 Å². The minimum atomic E-state index is -0.352.